The van der Waals surface area contributed by atoms with E-state index in [1.54, 1.807) is 12.3 Å². The first-order valence-corrected chi connectivity index (χ1v) is 19.5. The lowest BCUT2D eigenvalue weighted by Crippen LogP contribution is -2.51. The Hall–Kier alpha value is -5.34. The molecular formula is C41H49N9O5. The number of imide groups is 1. The Kier molecular flexibility index (Phi) is 10.3. The Morgan fingerprint density at radius 1 is 0.909 bits per heavy atom. The Morgan fingerprint density at radius 3 is 2.42 bits per heavy atom. The summed E-state index contributed by atoms with van der Waals surface area (Å²) in [7, 11) is 0. The van der Waals surface area contributed by atoms with Crippen LogP contribution in [-0.4, -0.2) is 107 Å². The van der Waals surface area contributed by atoms with E-state index in [9.17, 15) is 24.3 Å². The number of aromatic nitrogens is 2. The van der Waals surface area contributed by atoms with Crippen LogP contribution in [0.15, 0.2) is 60.9 Å². The van der Waals surface area contributed by atoms with Crippen LogP contribution in [0.1, 0.15) is 87.6 Å². The van der Waals surface area contributed by atoms with Crippen LogP contribution < -0.4 is 26.2 Å². The predicted molar refractivity (Wildman–Crippen MR) is 208 cm³/mol. The van der Waals surface area contributed by atoms with Crippen molar-refractivity contribution in [3.05, 3.63) is 83.3 Å². The Labute approximate surface area is 320 Å². The quantitative estimate of drug-likeness (QED) is 0.223. The number of anilines is 4. The minimum atomic E-state index is -0.813. The molecule has 4 saturated heterocycles. The summed E-state index contributed by atoms with van der Waals surface area (Å²) < 4.78 is 0. The van der Waals surface area contributed by atoms with Gasteiger partial charge in [0.25, 0.3) is 17.7 Å². The van der Waals surface area contributed by atoms with Gasteiger partial charge in [0, 0.05) is 56.4 Å². The van der Waals surface area contributed by atoms with Gasteiger partial charge in [0.05, 0.1) is 17.3 Å². The molecule has 6 heterocycles. The van der Waals surface area contributed by atoms with Gasteiger partial charge < -0.3 is 36.2 Å². The molecule has 2 aromatic carbocycles. The topological polar surface area (TPSA) is 177 Å². The van der Waals surface area contributed by atoms with Crippen LogP contribution >= 0.6 is 0 Å². The molecule has 288 valence electrons. The Bertz CT molecular complexity index is 2000. The summed E-state index contributed by atoms with van der Waals surface area (Å²) in [6, 6.07) is 13.0. The monoisotopic (exact) mass is 747 g/mol. The molecule has 4 fully saturated rings. The van der Waals surface area contributed by atoms with E-state index >= 15 is 0 Å². The van der Waals surface area contributed by atoms with Crippen molar-refractivity contribution < 1.29 is 24.3 Å². The highest BCUT2D eigenvalue weighted by atomic mass is 16.3. The normalized spacial score (nSPS) is 23.7. The number of primary amides is 1. The fourth-order valence-corrected chi connectivity index (χ4v) is 8.96. The second-order valence-electron chi connectivity index (χ2n) is 15.7. The number of rotatable bonds is 10. The SMILES string of the molecule is C=C1CCC(N2C(=O)c3ccc(N4CC[C@@H](CN5CCC(c6ccc(Nc7nc(N8CCC[C@@H](CO)C8)cnc7C(N)=O)cc6)CC5)C4)cc3C2=O)C(=O)N1. The number of amides is 4. The molecule has 0 saturated carbocycles. The van der Waals surface area contributed by atoms with Crippen LogP contribution in [0.2, 0.25) is 0 Å². The highest BCUT2D eigenvalue weighted by Gasteiger charge is 2.44. The third-order valence-electron chi connectivity index (χ3n) is 12.0. The van der Waals surface area contributed by atoms with E-state index in [1.807, 2.05) is 24.3 Å². The Morgan fingerprint density at radius 2 is 1.67 bits per heavy atom. The number of nitrogens with one attached hydrogen (secondary N) is 2. The van der Waals surface area contributed by atoms with Gasteiger partial charge in [0.2, 0.25) is 5.91 Å². The maximum Gasteiger partial charge on any atom is 0.271 e. The number of carbonyl (C=O) groups excluding carboxylic acids is 4. The molecule has 3 atom stereocenters. The van der Waals surface area contributed by atoms with E-state index in [1.165, 1.54) is 5.56 Å². The minimum Gasteiger partial charge on any atom is -0.396 e. The third kappa shape index (κ3) is 7.52. The molecule has 3 aromatic rings. The molecule has 5 N–H and O–H groups in total. The van der Waals surface area contributed by atoms with Crippen LogP contribution in [0.5, 0.6) is 0 Å². The lowest BCUT2D eigenvalue weighted by atomic mass is 9.89. The van der Waals surface area contributed by atoms with Gasteiger partial charge in [-0.15, -0.1) is 0 Å². The highest BCUT2D eigenvalue weighted by Crippen LogP contribution is 2.35. The van der Waals surface area contributed by atoms with Crippen molar-refractivity contribution in [1.82, 2.24) is 25.1 Å². The highest BCUT2D eigenvalue weighted by molar-refractivity contribution is 6.23. The first-order chi connectivity index (χ1) is 26.6. The number of piperidine rings is 3. The van der Waals surface area contributed by atoms with Crippen LogP contribution in [0, 0.1) is 11.8 Å². The van der Waals surface area contributed by atoms with Gasteiger partial charge in [-0.3, -0.25) is 24.1 Å². The molecule has 14 heteroatoms. The van der Waals surface area contributed by atoms with Crippen molar-refractivity contribution in [2.45, 2.75) is 56.9 Å². The molecule has 5 aliphatic heterocycles. The molecule has 5 aliphatic rings. The van der Waals surface area contributed by atoms with E-state index in [0.717, 1.165) is 87.6 Å². The fourth-order valence-electron chi connectivity index (χ4n) is 8.96. The summed E-state index contributed by atoms with van der Waals surface area (Å²) in [5, 5.41) is 15.6. The zero-order valence-corrected chi connectivity index (χ0v) is 31.1. The number of hydrogen-bond acceptors (Lipinski definition) is 11. The average molecular weight is 748 g/mol. The lowest BCUT2D eigenvalue weighted by molar-refractivity contribution is -0.125. The lowest BCUT2D eigenvalue weighted by Gasteiger charge is -2.34. The number of aliphatic hydroxyl groups is 1. The molecule has 4 amide bonds. The number of carbonyl (C=O) groups is 4. The minimum absolute atomic E-state index is 0.0884. The number of likely N-dealkylation sites (tertiary alicyclic amines) is 1. The van der Waals surface area contributed by atoms with Crippen LogP contribution in [0.25, 0.3) is 0 Å². The summed E-state index contributed by atoms with van der Waals surface area (Å²) in [6.45, 7) is 10.3. The second-order valence-corrected chi connectivity index (χ2v) is 15.7. The number of nitrogens with zero attached hydrogens (tertiary/aromatic N) is 6. The molecule has 55 heavy (non-hydrogen) atoms. The molecule has 1 aromatic heterocycles. The molecule has 0 bridgehead atoms. The molecule has 0 aliphatic carbocycles. The average Bonchev–Trinajstić information content (AvgIpc) is 3.76. The molecule has 8 rings (SSSR count). The van der Waals surface area contributed by atoms with Crippen molar-refractivity contribution in [3.8, 4) is 0 Å². The summed E-state index contributed by atoms with van der Waals surface area (Å²) in [6.07, 6.45) is 7.63. The molecule has 0 spiro atoms. The number of benzene rings is 2. The van der Waals surface area contributed by atoms with Gasteiger partial charge in [-0.05, 0) is 112 Å². The van der Waals surface area contributed by atoms with E-state index < -0.39 is 23.8 Å². The van der Waals surface area contributed by atoms with Gasteiger partial charge in [-0.2, -0.15) is 0 Å². The first-order valence-electron chi connectivity index (χ1n) is 19.5. The number of allylic oxidation sites excluding steroid dienone is 1. The zero-order chi connectivity index (χ0) is 38.2. The number of aliphatic hydroxyl groups excluding tert-OH is 1. The smallest absolute Gasteiger partial charge is 0.271 e. The van der Waals surface area contributed by atoms with E-state index in [-0.39, 0.29) is 24.1 Å². The van der Waals surface area contributed by atoms with Crippen LogP contribution in [0.4, 0.5) is 23.0 Å². The summed E-state index contributed by atoms with van der Waals surface area (Å²) in [4.78, 5) is 68.6. The van der Waals surface area contributed by atoms with E-state index in [2.05, 4.69) is 49.0 Å². The van der Waals surface area contributed by atoms with Crippen molar-refractivity contribution in [2.75, 3.05) is 67.5 Å². The molecule has 0 radical (unpaired) electrons. The Balaban J connectivity index is 0.835. The second kappa shape index (κ2) is 15.4. The van der Waals surface area contributed by atoms with Crippen molar-refractivity contribution in [3.63, 3.8) is 0 Å². The zero-order valence-electron chi connectivity index (χ0n) is 31.1. The van der Waals surface area contributed by atoms with Gasteiger partial charge in [0.1, 0.15) is 11.9 Å². The maximum atomic E-state index is 13.4. The predicted octanol–water partition coefficient (Wildman–Crippen LogP) is 3.62. The molecule has 1 unspecified atom stereocenters. The molecular weight excluding hydrogens is 699 g/mol. The summed E-state index contributed by atoms with van der Waals surface area (Å²) in [5.74, 6) is 0.316. The van der Waals surface area contributed by atoms with Crippen LogP contribution in [0.3, 0.4) is 0 Å². The third-order valence-corrected chi connectivity index (χ3v) is 12.0. The van der Waals surface area contributed by atoms with E-state index in [0.29, 0.717) is 59.7 Å². The summed E-state index contributed by atoms with van der Waals surface area (Å²) >= 11 is 0. The fraction of sp³-hybridized carbons (Fsp3) is 0.463. The number of fused-ring (bicyclic) bond motifs is 1. The van der Waals surface area contributed by atoms with Gasteiger partial charge in [0.15, 0.2) is 11.5 Å². The van der Waals surface area contributed by atoms with E-state index in [4.69, 9.17) is 10.7 Å². The van der Waals surface area contributed by atoms with Crippen LogP contribution in [-0.2, 0) is 4.79 Å². The van der Waals surface area contributed by atoms with Crippen molar-refractivity contribution >= 4 is 46.6 Å². The van der Waals surface area contributed by atoms with Gasteiger partial charge >= 0.3 is 0 Å². The standard InChI is InChI=1S/C41H49N9O5/c1-25-4-11-34(39(53)44-25)50-40(54)32-10-9-31(19-33(32)41(50)55)48-18-12-26(22-48)21-47-16-13-29(14-17-47)28-5-7-30(8-6-28)45-38-36(37(42)52)43-20-35(46-38)49-15-2-3-27(23-49)24-51/h5-10,19-20,26-27,29,34,51H,1-4,11-18,21-24H2,(H2,42,52)(H,44,53)(H,45,46)/t26-,27+,34?/m0/s1. The summed E-state index contributed by atoms with van der Waals surface area (Å²) in [5.41, 5.74) is 10.1. The largest absolute Gasteiger partial charge is 0.396 e. The van der Waals surface area contributed by atoms with Crippen molar-refractivity contribution in [2.24, 2.45) is 17.6 Å². The maximum absolute atomic E-state index is 13.4. The number of hydrogen-bond donors (Lipinski definition) is 4. The van der Waals surface area contributed by atoms with Gasteiger partial charge in [-0.1, -0.05) is 18.7 Å². The molecule has 14 nitrogen and oxygen atoms in total. The van der Waals surface area contributed by atoms with Crippen molar-refractivity contribution in [1.29, 1.82) is 0 Å². The number of nitrogens with two attached hydrogens (primary N) is 1. The van der Waals surface area contributed by atoms with Gasteiger partial charge in [-0.25, -0.2) is 9.97 Å². The first kappa shape index (κ1) is 36.6.